The molecule has 0 bridgehead atoms. The highest BCUT2D eigenvalue weighted by molar-refractivity contribution is 4.69. The van der Waals surface area contributed by atoms with Gasteiger partial charge in [-0.05, 0) is 7.05 Å². The monoisotopic (exact) mass is 241 g/mol. The largest absolute Gasteiger partial charge is 0.413 e. The molecule has 0 aromatic carbocycles. The fourth-order valence-corrected chi connectivity index (χ4v) is 1.48. The first-order valence-corrected chi connectivity index (χ1v) is 5.30. The van der Waals surface area contributed by atoms with Gasteiger partial charge in [-0.15, -0.1) is 0 Å². The minimum absolute atomic E-state index is 0.416. The van der Waals surface area contributed by atoms with Crippen LogP contribution in [0.15, 0.2) is 0 Å². The molecule has 1 aliphatic heterocycles. The van der Waals surface area contributed by atoms with Gasteiger partial charge in [0.25, 0.3) is 0 Å². The van der Waals surface area contributed by atoms with Gasteiger partial charge in [0.2, 0.25) is 0 Å². The number of alkyl halides is 3. The lowest BCUT2D eigenvalue weighted by molar-refractivity contribution is -0.189. The van der Waals surface area contributed by atoms with E-state index in [9.17, 15) is 13.2 Å². The number of hydrogen-bond acceptors (Lipinski definition) is 4. The molecule has 0 radical (unpaired) electrons. The minimum atomic E-state index is -4.26. The lowest BCUT2D eigenvalue weighted by Crippen LogP contribution is -2.46. The van der Waals surface area contributed by atoms with Crippen LogP contribution in [0.4, 0.5) is 13.2 Å². The van der Waals surface area contributed by atoms with Crippen molar-refractivity contribution >= 4 is 0 Å². The Morgan fingerprint density at radius 2 is 1.81 bits per heavy atom. The Morgan fingerprint density at radius 1 is 1.19 bits per heavy atom. The first-order valence-electron chi connectivity index (χ1n) is 5.30. The Balaban J connectivity index is 1.95. The van der Waals surface area contributed by atoms with Crippen LogP contribution in [-0.4, -0.2) is 68.9 Å². The number of hydroxylamine groups is 1. The second kappa shape index (κ2) is 6.39. The zero-order chi connectivity index (χ0) is 12.0. The molecule has 16 heavy (non-hydrogen) atoms. The standard InChI is InChI=1S/C9H18F3N3O/c1-14-4-6-15(7-5-14)3-2-13-16-8-9(10,11)12/h13H,2-8H2,1H3. The molecule has 1 N–H and O–H groups in total. The molecule has 1 heterocycles. The van der Waals surface area contributed by atoms with Crippen molar-refractivity contribution in [2.75, 3.05) is 52.9 Å². The second-order valence-electron chi connectivity index (χ2n) is 3.94. The van der Waals surface area contributed by atoms with Crippen LogP contribution in [0.5, 0.6) is 0 Å². The molecule has 0 aromatic rings. The maximum atomic E-state index is 11.7. The van der Waals surface area contributed by atoms with Crippen molar-refractivity contribution in [3.05, 3.63) is 0 Å². The molecule has 1 fully saturated rings. The summed E-state index contributed by atoms with van der Waals surface area (Å²) in [7, 11) is 2.06. The quantitative estimate of drug-likeness (QED) is 0.554. The molecule has 7 heteroatoms. The Labute approximate surface area is 93.3 Å². The summed E-state index contributed by atoms with van der Waals surface area (Å²) in [5, 5.41) is 0. The number of piperazine rings is 1. The summed E-state index contributed by atoms with van der Waals surface area (Å²) in [5.41, 5.74) is 2.33. The normalized spacial score (nSPS) is 20.2. The second-order valence-corrected chi connectivity index (χ2v) is 3.94. The predicted molar refractivity (Wildman–Crippen MR) is 53.9 cm³/mol. The van der Waals surface area contributed by atoms with Gasteiger partial charge >= 0.3 is 6.18 Å². The van der Waals surface area contributed by atoms with Crippen molar-refractivity contribution in [3.63, 3.8) is 0 Å². The van der Waals surface area contributed by atoms with E-state index in [1.165, 1.54) is 0 Å². The molecular weight excluding hydrogens is 223 g/mol. The molecule has 1 rings (SSSR count). The molecule has 1 saturated heterocycles. The molecule has 0 aromatic heterocycles. The van der Waals surface area contributed by atoms with Gasteiger partial charge in [-0.3, -0.25) is 9.74 Å². The van der Waals surface area contributed by atoms with Crippen LogP contribution >= 0.6 is 0 Å². The van der Waals surface area contributed by atoms with Crippen molar-refractivity contribution < 1.29 is 18.0 Å². The van der Waals surface area contributed by atoms with Crippen LogP contribution in [0.3, 0.4) is 0 Å². The number of likely N-dealkylation sites (N-methyl/N-ethyl adjacent to an activating group) is 1. The highest BCUT2D eigenvalue weighted by Crippen LogP contribution is 2.13. The Morgan fingerprint density at radius 3 is 2.38 bits per heavy atom. The van der Waals surface area contributed by atoms with Crippen LogP contribution in [-0.2, 0) is 4.84 Å². The van der Waals surface area contributed by atoms with Crippen LogP contribution in [0.2, 0.25) is 0 Å². The van der Waals surface area contributed by atoms with Gasteiger partial charge in [-0.1, -0.05) is 0 Å². The van der Waals surface area contributed by atoms with Crippen molar-refractivity contribution in [2.24, 2.45) is 0 Å². The van der Waals surface area contributed by atoms with E-state index in [0.717, 1.165) is 26.2 Å². The SMILES string of the molecule is CN1CCN(CCNOCC(F)(F)F)CC1. The van der Waals surface area contributed by atoms with Crippen molar-refractivity contribution in [1.29, 1.82) is 0 Å². The molecule has 0 spiro atoms. The highest BCUT2D eigenvalue weighted by atomic mass is 19.4. The van der Waals surface area contributed by atoms with E-state index < -0.39 is 12.8 Å². The average molecular weight is 241 g/mol. The van der Waals surface area contributed by atoms with Gasteiger partial charge in [-0.25, -0.2) is 5.48 Å². The smallest absolute Gasteiger partial charge is 0.304 e. The molecule has 4 nitrogen and oxygen atoms in total. The molecule has 0 amide bonds. The van der Waals surface area contributed by atoms with Crippen molar-refractivity contribution in [2.45, 2.75) is 6.18 Å². The lowest BCUT2D eigenvalue weighted by atomic mass is 10.3. The molecule has 1 aliphatic rings. The van der Waals surface area contributed by atoms with E-state index in [2.05, 4.69) is 27.2 Å². The molecule has 0 atom stereocenters. The van der Waals surface area contributed by atoms with Crippen LogP contribution in [0.1, 0.15) is 0 Å². The van der Waals surface area contributed by atoms with Gasteiger partial charge in [-0.2, -0.15) is 13.2 Å². The van der Waals surface area contributed by atoms with E-state index in [4.69, 9.17) is 0 Å². The van der Waals surface area contributed by atoms with Gasteiger partial charge in [0.15, 0.2) is 6.61 Å². The molecular formula is C9H18F3N3O. The zero-order valence-corrected chi connectivity index (χ0v) is 9.39. The average Bonchev–Trinajstić information content (AvgIpc) is 2.19. The van der Waals surface area contributed by atoms with Crippen LogP contribution < -0.4 is 5.48 Å². The Kier molecular flexibility index (Phi) is 5.47. The summed E-state index contributed by atoms with van der Waals surface area (Å²) in [6, 6.07) is 0. The van der Waals surface area contributed by atoms with E-state index in [1.54, 1.807) is 0 Å². The number of hydrogen-bond donors (Lipinski definition) is 1. The molecule has 96 valence electrons. The third-order valence-electron chi connectivity index (χ3n) is 2.46. The highest BCUT2D eigenvalue weighted by Gasteiger charge is 2.27. The van der Waals surface area contributed by atoms with E-state index >= 15 is 0 Å². The van der Waals surface area contributed by atoms with Crippen molar-refractivity contribution in [3.8, 4) is 0 Å². The topological polar surface area (TPSA) is 27.7 Å². The van der Waals surface area contributed by atoms with E-state index in [-0.39, 0.29) is 0 Å². The van der Waals surface area contributed by atoms with Gasteiger partial charge in [0.05, 0.1) is 0 Å². The molecule has 0 aliphatic carbocycles. The molecule has 0 unspecified atom stereocenters. The summed E-state index contributed by atoms with van der Waals surface area (Å²) in [5.74, 6) is 0. The third kappa shape index (κ3) is 6.26. The van der Waals surface area contributed by atoms with Crippen LogP contribution in [0.25, 0.3) is 0 Å². The summed E-state index contributed by atoms with van der Waals surface area (Å²) in [6.07, 6.45) is -4.26. The Hall–Kier alpha value is -0.370. The maximum Gasteiger partial charge on any atom is 0.413 e. The fraction of sp³-hybridized carbons (Fsp3) is 1.00. The first-order chi connectivity index (χ1) is 7.47. The lowest BCUT2D eigenvalue weighted by Gasteiger charge is -2.32. The van der Waals surface area contributed by atoms with Gasteiger partial charge in [0, 0.05) is 39.3 Å². The third-order valence-corrected chi connectivity index (χ3v) is 2.46. The fourth-order valence-electron chi connectivity index (χ4n) is 1.48. The summed E-state index contributed by atoms with van der Waals surface area (Å²) < 4.78 is 35.1. The zero-order valence-electron chi connectivity index (χ0n) is 9.39. The van der Waals surface area contributed by atoms with E-state index in [1.807, 2.05) is 0 Å². The number of rotatable bonds is 5. The number of nitrogens with zero attached hydrogens (tertiary/aromatic N) is 2. The predicted octanol–water partition coefficient (Wildman–Crippen LogP) is 0.317. The molecule has 0 saturated carbocycles. The Bertz CT molecular complexity index is 193. The van der Waals surface area contributed by atoms with E-state index in [0.29, 0.717) is 13.1 Å². The summed E-state index contributed by atoms with van der Waals surface area (Å²) in [4.78, 5) is 8.72. The summed E-state index contributed by atoms with van der Waals surface area (Å²) >= 11 is 0. The van der Waals surface area contributed by atoms with Gasteiger partial charge in [0.1, 0.15) is 0 Å². The maximum absolute atomic E-state index is 11.7. The van der Waals surface area contributed by atoms with Gasteiger partial charge < -0.3 is 4.90 Å². The summed E-state index contributed by atoms with van der Waals surface area (Å²) in [6.45, 7) is 3.81. The van der Waals surface area contributed by atoms with Crippen LogP contribution in [0, 0.1) is 0 Å². The number of nitrogens with one attached hydrogen (secondary N) is 1. The number of halogens is 3. The van der Waals surface area contributed by atoms with Crippen molar-refractivity contribution in [1.82, 2.24) is 15.3 Å². The minimum Gasteiger partial charge on any atom is -0.304 e. The first kappa shape index (κ1) is 13.7.